The molecule has 17 heteroatoms. The Bertz CT molecular complexity index is 2660. The SMILES string of the molecule is CC(C)(C)CCCC(F)(F)OC(C)(C)C.CC(C)(C)COCCOC1CC(CCCNC(C)(C)C)C1.CC(C)(C)COc1ccc(OC2CC(NC(C)(C)C)C2)nc1.CC(C)(C)NC1CC(Oc2cnc(C(C)(C)C)cn2)C1.CC(C)(C)NC1CCN(c2cc(C(C)(C)C)ccn2)C1. The van der Waals surface area contributed by atoms with Gasteiger partial charge in [0.15, 0.2) is 0 Å². The molecular weight excluding hydrogens is 1230 g/mol. The van der Waals surface area contributed by atoms with E-state index in [1.807, 2.05) is 24.5 Å². The molecular formula is C81H147F2N9O6. The van der Waals surface area contributed by atoms with Crippen molar-refractivity contribution in [3.05, 3.63) is 60.3 Å². The van der Waals surface area contributed by atoms with Crippen LogP contribution in [0.4, 0.5) is 14.6 Å². The van der Waals surface area contributed by atoms with Gasteiger partial charge in [-0.1, -0.05) is 104 Å². The van der Waals surface area contributed by atoms with E-state index in [1.54, 1.807) is 33.2 Å². The van der Waals surface area contributed by atoms with Gasteiger partial charge in [0.1, 0.15) is 23.8 Å². The van der Waals surface area contributed by atoms with Crippen molar-refractivity contribution in [1.29, 1.82) is 0 Å². The summed E-state index contributed by atoms with van der Waals surface area (Å²) in [6.45, 7) is 70.0. The molecule has 0 radical (unpaired) electrons. The van der Waals surface area contributed by atoms with E-state index in [4.69, 9.17) is 28.4 Å². The number of nitrogens with one attached hydrogen (secondary N) is 4. The van der Waals surface area contributed by atoms with Crippen LogP contribution in [0.3, 0.4) is 0 Å². The first-order valence-electron chi connectivity index (χ1n) is 37.3. The second-order valence-electron chi connectivity index (χ2n) is 39.3. The van der Waals surface area contributed by atoms with Crippen LogP contribution in [-0.2, 0) is 25.0 Å². The fourth-order valence-corrected chi connectivity index (χ4v) is 11.3. The molecule has 4 aliphatic rings. The zero-order valence-corrected chi connectivity index (χ0v) is 68.0. The molecule has 1 atom stereocenters. The highest BCUT2D eigenvalue weighted by Crippen LogP contribution is 2.35. The minimum Gasteiger partial charge on any atom is -0.491 e. The van der Waals surface area contributed by atoms with E-state index in [9.17, 15) is 8.78 Å². The van der Waals surface area contributed by atoms with Crippen molar-refractivity contribution < 1.29 is 37.2 Å². The van der Waals surface area contributed by atoms with Crippen LogP contribution in [0.15, 0.2) is 49.1 Å². The molecule has 7 rings (SSSR count). The molecule has 4 heterocycles. The van der Waals surface area contributed by atoms with Gasteiger partial charge < -0.3 is 54.6 Å². The Hall–Kier alpha value is -3.84. The molecule has 0 spiro atoms. The minimum absolute atomic E-state index is 0.0315. The number of hydrogen-bond acceptors (Lipinski definition) is 15. The fourth-order valence-electron chi connectivity index (χ4n) is 11.3. The predicted octanol–water partition coefficient (Wildman–Crippen LogP) is 18.8. The molecule has 0 aromatic carbocycles. The van der Waals surface area contributed by atoms with Crippen molar-refractivity contribution in [2.75, 3.05) is 51.0 Å². The van der Waals surface area contributed by atoms with Crippen LogP contribution in [0.2, 0.25) is 0 Å². The van der Waals surface area contributed by atoms with Gasteiger partial charge in [0, 0.05) is 77.5 Å². The maximum absolute atomic E-state index is 13.3. The molecule has 3 aromatic rings. The lowest BCUT2D eigenvalue weighted by Gasteiger charge is -2.39. The second kappa shape index (κ2) is 37.6. The van der Waals surface area contributed by atoms with E-state index in [0.29, 0.717) is 49.0 Å². The summed E-state index contributed by atoms with van der Waals surface area (Å²) < 4.78 is 60.2. The standard InChI is InChI=1S/C18H30N2O2.C18H37NO2.C17H29N3.C16H27N3O.C12H24F2O/c1-17(2,3)12-21-14-7-8-16(19-11-14)22-15-9-13(10-15)20-18(4,5)6;1-17(2,3)14-20-10-11-21-16-12-15(13-16)8-7-9-19-18(4,5)6;1-16(2,3)13-7-9-18-15(11-13)20-10-8-14(12-20)19-17(4,5)6;1-15(2,3)13-9-18-14(10-17-13)20-12-7-11(8-12)19-16(4,5)6;1-10(2,3)8-7-9-12(13,14)15-11(4,5)6/h7-8,11,13,15,20H,9-10,12H2,1-6H3;15-16,19H,7-14H2,1-6H3;7,9,11,14,19H,8,10,12H2,1-6H3;9-12,19H,7-8H2,1-6H3;7-9H2,1-6H3. The van der Waals surface area contributed by atoms with E-state index in [2.05, 4.69) is 245 Å². The van der Waals surface area contributed by atoms with Crippen LogP contribution in [0.25, 0.3) is 0 Å². The van der Waals surface area contributed by atoms with Gasteiger partial charge >= 0.3 is 6.11 Å². The van der Waals surface area contributed by atoms with Crippen LogP contribution in [0.1, 0.15) is 296 Å². The Morgan fingerprint density at radius 2 is 1.05 bits per heavy atom. The molecule has 0 bridgehead atoms. The summed E-state index contributed by atoms with van der Waals surface area (Å²) in [7, 11) is 0. The van der Waals surface area contributed by atoms with Crippen molar-refractivity contribution in [1.82, 2.24) is 41.2 Å². The van der Waals surface area contributed by atoms with Crippen LogP contribution < -0.4 is 40.4 Å². The van der Waals surface area contributed by atoms with Crippen molar-refractivity contribution in [2.45, 2.75) is 366 Å². The van der Waals surface area contributed by atoms with Crippen LogP contribution in [-0.4, -0.2) is 136 Å². The Kier molecular flexibility index (Phi) is 33.9. The first-order chi connectivity index (χ1) is 44.5. The summed E-state index contributed by atoms with van der Waals surface area (Å²) >= 11 is 0. The largest absolute Gasteiger partial charge is 0.491 e. The van der Waals surface area contributed by atoms with E-state index in [-0.39, 0.29) is 67.9 Å². The maximum atomic E-state index is 13.3. The molecule has 3 aliphatic carbocycles. The number of nitrogens with zero attached hydrogens (tertiary/aromatic N) is 5. The number of ether oxygens (including phenoxy) is 6. The van der Waals surface area contributed by atoms with Gasteiger partial charge in [0.25, 0.3) is 0 Å². The summed E-state index contributed by atoms with van der Waals surface area (Å²) in [4.78, 5) is 20.1. The lowest BCUT2D eigenvalue weighted by atomic mass is 9.79. The number of halogens is 2. The molecule has 0 amide bonds. The summed E-state index contributed by atoms with van der Waals surface area (Å²) in [6.07, 6.45) is 16.8. The Morgan fingerprint density at radius 1 is 0.510 bits per heavy atom. The third-order valence-electron chi connectivity index (χ3n) is 16.2. The average molecular weight is 1380 g/mol. The van der Waals surface area contributed by atoms with Gasteiger partial charge in [0.2, 0.25) is 11.8 Å². The lowest BCUT2D eigenvalue weighted by Crippen LogP contribution is -2.53. The number of aromatic nitrogens is 4. The van der Waals surface area contributed by atoms with Crippen molar-refractivity contribution in [3.8, 4) is 17.5 Å². The fraction of sp³-hybridized carbons (Fsp3) is 0.827. The number of alkyl halides is 2. The van der Waals surface area contributed by atoms with E-state index >= 15 is 0 Å². The molecule has 566 valence electrons. The van der Waals surface area contributed by atoms with Gasteiger partial charge in [-0.3, -0.25) is 4.98 Å². The smallest absolute Gasteiger partial charge is 0.356 e. The zero-order chi connectivity index (χ0) is 74.6. The number of rotatable bonds is 23. The van der Waals surface area contributed by atoms with Crippen LogP contribution in [0.5, 0.6) is 17.5 Å². The Balaban J connectivity index is 0.000000321. The normalized spacial score (nSPS) is 21.1. The molecule has 1 aliphatic heterocycles. The summed E-state index contributed by atoms with van der Waals surface area (Å²) in [5.41, 5.74) is 3.05. The Morgan fingerprint density at radius 3 is 1.51 bits per heavy atom. The molecule has 1 saturated heterocycles. The quantitative estimate of drug-likeness (QED) is 0.0664. The van der Waals surface area contributed by atoms with Crippen LogP contribution in [0, 0.1) is 22.2 Å². The first-order valence-corrected chi connectivity index (χ1v) is 37.3. The number of anilines is 1. The van der Waals surface area contributed by atoms with Gasteiger partial charge in [0.05, 0.1) is 62.4 Å². The third kappa shape index (κ3) is 41.9. The highest BCUT2D eigenvalue weighted by molar-refractivity contribution is 5.44. The summed E-state index contributed by atoms with van der Waals surface area (Å²) in [5.74, 6) is 4.12. The molecule has 98 heavy (non-hydrogen) atoms. The van der Waals surface area contributed by atoms with Crippen molar-refractivity contribution in [3.63, 3.8) is 0 Å². The van der Waals surface area contributed by atoms with E-state index in [0.717, 1.165) is 94.7 Å². The van der Waals surface area contributed by atoms with Gasteiger partial charge in [-0.05, 0) is 232 Å². The monoisotopic (exact) mass is 1380 g/mol. The molecule has 3 saturated carbocycles. The zero-order valence-electron chi connectivity index (χ0n) is 68.0. The first kappa shape index (κ1) is 88.4. The molecule has 15 nitrogen and oxygen atoms in total. The van der Waals surface area contributed by atoms with Crippen molar-refractivity contribution in [2.24, 2.45) is 22.2 Å². The van der Waals surface area contributed by atoms with Gasteiger partial charge in [-0.15, -0.1) is 0 Å². The minimum atomic E-state index is -3.00. The predicted molar refractivity (Wildman–Crippen MR) is 406 cm³/mol. The Labute approximate surface area is 598 Å². The van der Waals surface area contributed by atoms with E-state index in [1.165, 1.54) is 37.7 Å². The molecule has 1 unspecified atom stereocenters. The highest BCUT2D eigenvalue weighted by Gasteiger charge is 2.37. The number of hydrogen-bond donors (Lipinski definition) is 4. The summed E-state index contributed by atoms with van der Waals surface area (Å²) in [5, 5.41) is 14.4. The maximum Gasteiger partial charge on any atom is 0.356 e. The summed E-state index contributed by atoms with van der Waals surface area (Å²) in [6, 6.07) is 9.88. The number of pyridine rings is 2. The van der Waals surface area contributed by atoms with Crippen molar-refractivity contribution >= 4 is 5.82 Å². The van der Waals surface area contributed by atoms with Gasteiger partial charge in [-0.2, -0.15) is 8.78 Å². The topological polar surface area (TPSA) is 158 Å². The van der Waals surface area contributed by atoms with Crippen LogP contribution >= 0.6 is 0 Å². The third-order valence-corrected chi connectivity index (χ3v) is 16.2. The lowest BCUT2D eigenvalue weighted by molar-refractivity contribution is -0.286. The molecule has 3 aromatic heterocycles. The highest BCUT2D eigenvalue weighted by atomic mass is 19.3. The average Bonchev–Trinajstić information content (AvgIpc) is 1.47. The molecule has 4 fully saturated rings. The van der Waals surface area contributed by atoms with Gasteiger partial charge in [-0.25, -0.2) is 15.0 Å². The molecule has 4 N–H and O–H groups in total. The second-order valence-corrected chi connectivity index (χ2v) is 39.3. The van der Waals surface area contributed by atoms with E-state index < -0.39 is 11.7 Å².